The number of pyridine rings is 1. The maximum Gasteiger partial charge on any atom is 0.231 e. The van der Waals surface area contributed by atoms with E-state index in [1.165, 1.54) is 0 Å². The van der Waals surface area contributed by atoms with Crippen LogP contribution in [0.5, 0.6) is 5.75 Å². The molecule has 0 bridgehead atoms. The lowest BCUT2D eigenvalue weighted by atomic mass is 9.97. The molecule has 1 aromatic heterocycles. The molecular formula is C20H26N4O3. The molecule has 0 saturated carbocycles. The topological polar surface area (TPSA) is 97.5 Å². The number of piperidine rings is 1. The lowest BCUT2D eigenvalue weighted by molar-refractivity contribution is -0.128. The number of aryl methyl sites for hydroxylation is 1. The molecule has 2 heterocycles. The lowest BCUT2D eigenvalue weighted by Crippen LogP contribution is -2.46. The SMILES string of the molecule is Cc1ccc2cccc(OCCNC(=O)[C@H]3CCCN(CC(N)=O)C3)c2n1. The summed E-state index contributed by atoms with van der Waals surface area (Å²) < 4.78 is 5.84. The van der Waals surface area contributed by atoms with E-state index in [1.807, 2.05) is 42.2 Å². The van der Waals surface area contributed by atoms with Crippen LogP contribution < -0.4 is 15.8 Å². The molecule has 0 spiro atoms. The van der Waals surface area contributed by atoms with Crippen LogP contribution in [0.1, 0.15) is 18.5 Å². The van der Waals surface area contributed by atoms with Gasteiger partial charge in [-0.2, -0.15) is 0 Å². The summed E-state index contributed by atoms with van der Waals surface area (Å²) in [4.78, 5) is 29.9. The highest BCUT2D eigenvalue weighted by Crippen LogP contribution is 2.23. The maximum atomic E-state index is 12.4. The van der Waals surface area contributed by atoms with E-state index in [0.717, 1.165) is 41.7 Å². The summed E-state index contributed by atoms with van der Waals surface area (Å²) >= 11 is 0. The van der Waals surface area contributed by atoms with Gasteiger partial charge < -0.3 is 15.8 Å². The number of amides is 2. The maximum absolute atomic E-state index is 12.4. The molecule has 0 radical (unpaired) electrons. The Morgan fingerprint density at radius 2 is 2.19 bits per heavy atom. The molecule has 144 valence electrons. The number of rotatable bonds is 7. The Labute approximate surface area is 158 Å². The van der Waals surface area contributed by atoms with Crippen molar-refractivity contribution in [2.24, 2.45) is 11.7 Å². The number of carbonyl (C=O) groups is 2. The van der Waals surface area contributed by atoms with Crippen LogP contribution >= 0.6 is 0 Å². The van der Waals surface area contributed by atoms with E-state index >= 15 is 0 Å². The van der Waals surface area contributed by atoms with E-state index in [4.69, 9.17) is 10.5 Å². The fraction of sp³-hybridized carbons (Fsp3) is 0.450. The van der Waals surface area contributed by atoms with E-state index in [9.17, 15) is 9.59 Å². The quantitative estimate of drug-likeness (QED) is 0.715. The molecule has 2 aromatic rings. The highest BCUT2D eigenvalue weighted by molar-refractivity contribution is 5.84. The average molecular weight is 370 g/mol. The summed E-state index contributed by atoms with van der Waals surface area (Å²) in [5, 5.41) is 3.96. The molecule has 2 amide bonds. The van der Waals surface area contributed by atoms with Gasteiger partial charge in [0.15, 0.2) is 0 Å². The van der Waals surface area contributed by atoms with Crippen LogP contribution in [-0.2, 0) is 9.59 Å². The zero-order valence-corrected chi connectivity index (χ0v) is 15.6. The number of nitrogens with zero attached hydrogens (tertiary/aromatic N) is 2. The summed E-state index contributed by atoms with van der Waals surface area (Å²) in [6.45, 7) is 4.33. The number of nitrogens with one attached hydrogen (secondary N) is 1. The summed E-state index contributed by atoms with van der Waals surface area (Å²) in [6.07, 6.45) is 1.72. The number of aromatic nitrogens is 1. The van der Waals surface area contributed by atoms with Crippen molar-refractivity contribution in [3.8, 4) is 5.75 Å². The van der Waals surface area contributed by atoms with Crippen LogP contribution in [-0.4, -0.2) is 54.5 Å². The molecular weight excluding hydrogens is 344 g/mol. The third-order valence-electron chi connectivity index (χ3n) is 4.74. The van der Waals surface area contributed by atoms with Crippen molar-refractivity contribution in [1.82, 2.24) is 15.2 Å². The number of likely N-dealkylation sites (tertiary alicyclic amines) is 1. The number of nitrogens with two attached hydrogens (primary N) is 1. The van der Waals surface area contributed by atoms with Gasteiger partial charge in [0.25, 0.3) is 0 Å². The first-order chi connectivity index (χ1) is 13.0. The van der Waals surface area contributed by atoms with Crippen molar-refractivity contribution in [2.75, 3.05) is 32.8 Å². The third-order valence-corrected chi connectivity index (χ3v) is 4.74. The van der Waals surface area contributed by atoms with E-state index in [2.05, 4.69) is 10.3 Å². The normalized spacial score (nSPS) is 17.6. The zero-order valence-electron chi connectivity index (χ0n) is 15.6. The third kappa shape index (κ3) is 5.17. The number of carbonyl (C=O) groups excluding carboxylic acids is 2. The first-order valence-electron chi connectivity index (χ1n) is 9.30. The van der Waals surface area contributed by atoms with E-state index in [0.29, 0.717) is 19.7 Å². The number of primary amides is 1. The van der Waals surface area contributed by atoms with Crippen LogP contribution in [0.4, 0.5) is 0 Å². The Morgan fingerprint density at radius 3 is 3.00 bits per heavy atom. The molecule has 1 aliphatic rings. The fourth-order valence-electron chi connectivity index (χ4n) is 3.45. The molecule has 1 atom stereocenters. The minimum Gasteiger partial charge on any atom is -0.489 e. The molecule has 0 aliphatic carbocycles. The molecule has 1 fully saturated rings. The summed E-state index contributed by atoms with van der Waals surface area (Å²) in [6, 6.07) is 9.81. The van der Waals surface area contributed by atoms with Gasteiger partial charge in [0, 0.05) is 17.6 Å². The van der Waals surface area contributed by atoms with Gasteiger partial charge in [-0.3, -0.25) is 14.5 Å². The number of hydrogen-bond acceptors (Lipinski definition) is 5. The average Bonchev–Trinajstić information content (AvgIpc) is 2.65. The molecule has 0 unspecified atom stereocenters. The Kier molecular flexibility index (Phi) is 6.24. The van der Waals surface area contributed by atoms with Gasteiger partial charge in [0.05, 0.1) is 19.0 Å². The fourth-order valence-corrected chi connectivity index (χ4v) is 3.45. The van der Waals surface area contributed by atoms with Gasteiger partial charge in [-0.15, -0.1) is 0 Å². The van der Waals surface area contributed by atoms with E-state index in [1.54, 1.807) is 0 Å². The Bertz CT molecular complexity index is 824. The molecule has 1 aromatic carbocycles. The van der Waals surface area contributed by atoms with Gasteiger partial charge in [-0.05, 0) is 38.4 Å². The monoisotopic (exact) mass is 370 g/mol. The van der Waals surface area contributed by atoms with Crippen LogP contribution in [0, 0.1) is 12.8 Å². The number of ether oxygens (including phenoxy) is 1. The van der Waals surface area contributed by atoms with Crippen molar-refractivity contribution in [1.29, 1.82) is 0 Å². The lowest BCUT2D eigenvalue weighted by Gasteiger charge is -2.30. The van der Waals surface area contributed by atoms with Gasteiger partial charge in [-0.1, -0.05) is 18.2 Å². The van der Waals surface area contributed by atoms with Gasteiger partial charge >= 0.3 is 0 Å². The Morgan fingerprint density at radius 1 is 1.33 bits per heavy atom. The number of para-hydroxylation sites is 1. The molecule has 3 N–H and O–H groups in total. The predicted octanol–water partition coefficient (Wildman–Crippen LogP) is 1.24. The van der Waals surface area contributed by atoms with Crippen LogP contribution in [0.25, 0.3) is 10.9 Å². The molecule has 1 aliphatic heterocycles. The number of fused-ring (bicyclic) bond motifs is 1. The largest absolute Gasteiger partial charge is 0.489 e. The van der Waals surface area contributed by atoms with Crippen molar-refractivity contribution < 1.29 is 14.3 Å². The standard InChI is InChI=1S/C20H26N4O3/c1-14-7-8-15-4-2-6-17(19(15)23-14)27-11-9-22-20(26)16-5-3-10-24(12-16)13-18(21)25/h2,4,6-8,16H,3,5,9-13H2,1H3,(H2,21,25)(H,22,26)/t16-/m0/s1. The minimum absolute atomic E-state index is 0.000315. The van der Waals surface area contributed by atoms with Crippen molar-refractivity contribution in [3.63, 3.8) is 0 Å². The second-order valence-electron chi connectivity index (χ2n) is 6.96. The molecule has 27 heavy (non-hydrogen) atoms. The van der Waals surface area contributed by atoms with Crippen LogP contribution in [0.15, 0.2) is 30.3 Å². The van der Waals surface area contributed by atoms with Crippen molar-refractivity contribution >= 4 is 22.7 Å². The van der Waals surface area contributed by atoms with Crippen LogP contribution in [0.3, 0.4) is 0 Å². The molecule has 7 heteroatoms. The van der Waals surface area contributed by atoms with E-state index < -0.39 is 0 Å². The minimum atomic E-state index is -0.358. The van der Waals surface area contributed by atoms with Crippen molar-refractivity contribution in [2.45, 2.75) is 19.8 Å². The molecule has 1 saturated heterocycles. The summed E-state index contributed by atoms with van der Waals surface area (Å²) in [7, 11) is 0. The first kappa shape index (κ1) is 19.1. The van der Waals surface area contributed by atoms with E-state index in [-0.39, 0.29) is 24.3 Å². The second-order valence-corrected chi connectivity index (χ2v) is 6.96. The highest BCUT2D eigenvalue weighted by atomic mass is 16.5. The molecule has 7 nitrogen and oxygen atoms in total. The zero-order chi connectivity index (χ0) is 19.2. The highest BCUT2D eigenvalue weighted by Gasteiger charge is 2.26. The smallest absolute Gasteiger partial charge is 0.231 e. The Hall–Kier alpha value is -2.67. The van der Waals surface area contributed by atoms with Gasteiger partial charge in [-0.25, -0.2) is 4.98 Å². The summed E-state index contributed by atoms with van der Waals surface area (Å²) in [5.41, 5.74) is 7.01. The Balaban J connectivity index is 1.48. The van der Waals surface area contributed by atoms with Crippen LogP contribution in [0.2, 0.25) is 0 Å². The second kappa shape index (κ2) is 8.81. The van der Waals surface area contributed by atoms with Gasteiger partial charge in [0.1, 0.15) is 17.9 Å². The summed E-state index contributed by atoms with van der Waals surface area (Å²) in [5.74, 6) is 0.249. The van der Waals surface area contributed by atoms with Crippen molar-refractivity contribution in [3.05, 3.63) is 36.0 Å². The number of benzene rings is 1. The first-order valence-corrected chi connectivity index (χ1v) is 9.30. The number of hydrogen-bond donors (Lipinski definition) is 2. The molecule has 3 rings (SSSR count). The predicted molar refractivity (Wildman–Crippen MR) is 103 cm³/mol. The van der Waals surface area contributed by atoms with Gasteiger partial charge in [0.2, 0.25) is 11.8 Å².